The molecular formula is C67H123NO10. The highest BCUT2D eigenvalue weighted by Gasteiger charge is 2.47. The van der Waals surface area contributed by atoms with E-state index < -0.39 is 67.4 Å². The lowest BCUT2D eigenvalue weighted by molar-refractivity contribution is -0.305. The summed E-state index contributed by atoms with van der Waals surface area (Å²) in [5.74, 6) is -1.19. The third-order valence-corrected chi connectivity index (χ3v) is 15.5. The third kappa shape index (κ3) is 42.5. The van der Waals surface area contributed by atoms with Gasteiger partial charge in [0.05, 0.1) is 25.4 Å². The van der Waals surface area contributed by atoms with Crippen LogP contribution in [0.25, 0.3) is 0 Å². The molecule has 1 amide bonds. The molecule has 1 heterocycles. The Morgan fingerprint density at radius 3 is 1.35 bits per heavy atom. The first kappa shape index (κ1) is 73.6. The first-order chi connectivity index (χ1) is 38.2. The summed E-state index contributed by atoms with van der Waals surface area (Å²) in [6.07, 6.45) is 57.1. The molecule has 0 aromatic carbocycles. The van der Waals surface area contributed by atoms with Crippen molar-refractivity contribution >= 4 is 11.9 Å². The monoisotopic (exact) mass is 1100 g/mol. The van der Waals surface area contributed by atoms with Crippen LogP contribution in [-0.4, -0.2) is 99.6 Å². The number of nitrogens with one attached hydrogen (secondary N) is 1. The van der Waals surface area contributed by atoms with E-state index in [4.69, 9.17) is 14.2 Å². The second kappa shape index (κ2) is 55.2. The topological polar surface area (TPSA) is 175 Å². The van der Waals surface area contributed by atoms with Gasteiger partial charge in [0.2, 0.25) is 5.91 Å². The molecule has 0 spiro atoms. The first-order valence-corrected chi connectivity index (χ1v) is 32.9. The van der Waals surface area contributed by atoms with Gasteiger partial charge in [-0.05, 0) is 64.2 Å². The van der Waals surface area contributed by atoms with Crippen LogP contribution in [0.15, 0.2) is 48.6 Å². The Labute approximate surface area is 478 Å². The molecule has 11 nitrogen and oxygen atoms in total. The summed E-state index contributed by atoms with van der Waals surface area (Å²) in [7, 11) is 0. The molecule has 78 heavy (non-hydrogen) atoms. The van der Waals surface area contributed by atoms with Crippen molar-refractivity contribution in [3.8, 4) is 0 Å². The molecule has 0 aromatic rings. The van der Waals surface area contributed by atoms with Crippen LogP contribution in [0.5, 0.6) is 0 Å². The Hall–Kier alpha value is -2.38. The quantitative estimate of drug-likeness (QED) is 0.0195. The van der Waals surface area contributed by atoms with Gasteiger partial charge in [-0.2, -0.15) is 0 Å². The zero-order chi connectivity index (χ0) is 56.8. The van der Waals surface area contributed by atoms with Crippen LogP contribution in [0.4, 0.5) is 0 Å². The van der Waals surface area contributed by atoms with E-state index in [9.17, 15) is 35.1 Å². The zero-order valence-corrected chi connectivity index (χ0v) is 50.5. The van der Waals surface area contributed by atoms with E-state index in [1.807, 2.05) is 6.08 Å². The van der Waals surface area contributed by atoms with E-state index in [2.05, 4.69) is 62.5 Å². The van der Waals surface area contributed by atoms with Gasteiger partial charge in [0.15, 0.2) is 12.4 Å². The molecule has 1 saturated heterocycles. The van der Waals surface area contributed by atoms with Gasteiger partial charge in [0.1, 0.15) is 24.4 Å². The molecule has 0 aliphatic carbocycles. The fourth-order valence-corrected chi connectivity index (χ4v) is 10.2. The van der Waals surface area contributed by atoms with E-state index in [0.29, 0.717) is 12.8 Å². The molecule has 1 aliphatic heterocycles. The number of rotatable bonds is 56. The average Bonchev–Trinajstić information content (AvgIpc) is 3.44. The predicted molar refractivity (Wildman–Crippen MR) is 324 cm³/mol. The van der Waals surface area contributed by atoms with Crippen molar-refractivity contribution in [1.82, 2.24) is 5.32 Å². The summed E-state index contributed by atoms with van der Waals surface area (Å²) in [4.78, 5) is 26.6. The Balaban J connectivity index is 2.65. The lowest BCUT2D eigenvalue weighted by Crippen LogP contribution is -2.61. The second-order valence-electron chi connectivity index (χ2n) is 22.9. The van der Waals surface area contributed by atoms with E-state index >= 15 is 0 Å². The van der Waals surface area contributed by atoms with Crippen LogP contribution in [0.2, 0.25) is 0 Å². The van der Waals surface area contributed by atoms with Crippen LogP contribution in [-0.2, 0) is 23.8 Å². The summed E-state index contributed by atoms with van der Waals surface area (Å²) in [5, 5.41) is 57.1. The number of carbonyl (C=O) groups is 2. The van der Waals surface area contributed by atoms with Gasteiger partial charge in [0.25, 0.3) is 0 Å². The van der Waals surface area contributed by atoms with Crippen LogP contribution < -0.4 is 5.32 Å². The summed E-state index contributed by atoms with van der Waals surface area (Å²) in [6.45, 7) is 5.79. The number of allylic oxidation sites excluding steroid dienone is 7. The van der Waals surface area contributed by atoms with E-state index in [0.717, 1.165) is 83.5 Å². The maximum Gasteiger partial charge on any atom is 0.306 e. The number of esters is 1. The molecule has 1 fully saturated rings. The van der Waals surface area contributed by atoms with Crippen LogP contribution >= 0.6 is 0 Å². The normalized spacial score (nSPS) is 19.2. The highest BCUT2D eigenvalue weighted by Crippen LogP contribution is 2.26. The molecule has 1 aliphatic rings. The van der Waals surface area contributed by atoms with E-state index in [1.54, 1.807) is 6.08 Å². The van der Waals surface area contributed by atoms with Crippen molar-refractivity contribution in [2.24, 2.45) is 0 Å². The summed E-state index contributed by atoms with van der Waals surface area (Å²) in [5.41, 5.74) is 0. The molecule has 6 N–H and O–H groups in total. The Kier molecular flexibility index (Phi) is 52.1. The molecule has 0 bridgehead atoms. The van der Waals surface area contributed by atoms with Gasteiger partial charge in [-0.25, -0.2) is 0 Å². The zero-order valence-electron chi connectivity index (χ0n) is 50.5. The highest BCUT2D eigenvalue weighted by molar-refractivity contribution is 5.80. The standard InChI is InChI=1S/C67H123NO10/c1-4-7-10-13-16-19-22-25-27-29-30-31-33-34-36-39-42-45-48-51-54-60(71)66(75)68-58(59(70)53-50-47-44-41-38-24-21-18-15-12-9-6-3)57-76-67-65(64(74)63(73)61(56-69)77-67)78-62(72)55-52-49-46-43-40-37-35-32-28-26-23-20-17-14-11-8-5-2/h16,19,25,27,30-31,50,53,58-61,63-65,67,69-71,73-74H,4-15,17-18,20-24,26,28-29,32-49,51-52,54-57H2,1-3H3,(H,68,75)/b19-16-,27-25-,31-30-,53-50+. The lowest BCUT2D eigenvalue weighted by atomic mass is 9.99. The summed E-state index contributed by atoms with van der Waals surface area (Å²) < 4.78 is 17.7. The van der Waals surface area contributed by atoms with Gasteiger partial charge in [-0.3, -0.25) is 9.59 Å². The minimum Gasteiger partial charge on any atom is -0.454 e. The summed E-state index contributed by atoms with van der Waals surface area (Å²) in [6, 6.07) is -1.03. The summed E-state index contributed by atoms with van der Waals surface area (Å²) >= 11 is 0. The SMILES string of the molecule is CCCCC/C=C\C/C=C\C/C=C\CCCCCCCCCC(O)C(=O)NC(COC1OC(CO)C(O)C(O)C1OC(=O)CCCCCCCCCCCCCCCCCCC)C(O)/C=C/CCCCCCCCCCCC. The maximum atomic E-state index is 13.4. The van der Waals surface area contributed by atoms with Gasteiger partial charge in [0, 0.05) is 6.42 Å². The van der Waals surface area contributed by atoms with Crippen molar-refractivity contribution in [3.05, 3.63) is 48.6 Å². The third-order valence-electron chi connectivity index (χ3n) is 15.5. The highest BCUT2D eigenvalue weighted by atomic mass is 16.7. The van der Waals surface area contributed by atoms with E-state index in [1.165, 1.54) is 173 Å². The number of amides is 1. The lowest BCUT2D eigenvalue weighted by Gasteiger charge is -2.41. The number of unbranched alkanes of at least 4 members (excludes halogenated alkanes) is 36. The van der Waals surface area contributed by atoms with Gasteiger partial charge >= 0.3 is 5.97 Å². The number of aliphatic hydroxyl groups is 5. The molecular weight excluding hydrogens is 979 g/mol. The Bertz CT molecular complexity index is 1450. The fourth-order valence-electron chi connectivity index (χ4n) is 10.2. The van der Waals surface area contributed by atoms with Gasteiger partial charge < -0.3 is 45.1 Å². The molecule has 8 unspecified atom stereocenters. The van der Waals surface area contributed by atoms with Crippen LogP contribution in [0, 0.1) is 0 Å². The molecule has 11 heteroatoms. The minimum atomic E-state index is -1.61. The van der Waals surface area contributed by atoms with Crippen molar-refractivity contribution in [2.45, 2.75) is 352 Å². The Morgan fingerprint density at radius 1 is 0.500 bits per heavy atom. The number of ether oxygens (including phenoxy) is 3. The molecule has 0 aromatic heterocycles. The average molecular weight is 1100 g/mol. The largest absolute Gasteiger partial charge is 0.454 e. The first-order valence-electron chi connectivity index (χ1n) is 32.9. The smallest absolute Gasteiger partial charge is 0.306 e. The number of carbonyl (C=O) groups excluding carboxylic acids is 2. The predicted octanol–water partition coefficient (Wildman–Crippen LogP) is 16.0. The van der Waals surface area contributed by atoms with Crippen molar-refractivity contribution in [2.75, 3.05) is 13.2 Å². The van der Waals surface area contributed by atoms with Crippen molar-refractivity contribution < 1.29 is 49.3 Å². The van der Waals surface area contributed by atoms with Gasteiger partial charge in [-0.1, -0.05) is 281 Å². The van der Waals surface area contributed by atoms with Crippen molar-refractivity contribution in [3.63, 3.8) is 0 Å². The molecule has 456 valence electrons. The minimum absolute atomic E-state index is 0.127. The number of hydrogen-bond donors (Lipinski definition) is 6. The second-order valence-corrected chi connectivity index (χ2v) is 22.9. The number of aliphatic hydroxyl groups excluding tert-OH is 5. The van der Waals surface area contributed by atoms with Crippen LogP contribution in [0.3, 0.4) is 0 Å². The Morgan fingerprint density at radius 2 is 0.885 bits per heavy atom. The molecule has 0 radical (unpaired) electrons. The van der Waals surface area contributed by atoms with Gasteiger partial charge in [-0.15, -0.1) is 0 Å². The molecule has 1 rings (SSSR count). The number of hydrogen-bond acceptors (Lipinski definition) is 10. The molecule has 0 saturated carbocycles. The molecule has 8 atom stereocenters. The fraction of sp³-hybridized carbons (Fsp3) is 0.851. The maximum absolute atomic E-state index is 13.4. The van der Waals surface area contributed by atoms with E-state index in [-0.39, 0.29) is 19.4 Å². The van der Waals surface area contributed by atoms with Crippen LogP contribution in [0.1, 0.15) is 303 Å². The van der Waals surface area contributed by atoms with Crippen molar-refractivity contribution in [1.29, 1.82) is 0 Å².